The first-order chi connectivity index (χ1) is 9.24. The van der Waals surface area contributed by atoms with Crippen LogP contribution in [0.15, 0.2) is 30.5 Å². The molecule has 0 bridgehead atoms. The largest absolute Gasteiger partial charge is 0.369 e. The molecule has 19 heavy (non-hydrogen) atoms. The number of nitrogens with two attached hydrogens (primary N) is 1. The Morgan fingerprint density at radius 2 is 2.32 bits per heavy atom. The van der Waals surface area contributed by atoms with Crippen LogP contribution in [0.2, 0.25) is 0 Å². The summed E-state index contributed by atoms with van der Waals surface area (Å²) in [4.78, 5) is 16.9. The summed E-state index contributed by atoms with van der Waals surface area (Å²) in [6.45, 7) is 2.70. The van der Waals surface area contributed by atoms with Gasteiger partial charge in [-0.3, -0.25) is 9.69 Å². The van der Waals surface area contributed by atoms with E-state index in [9.17, 15) is 4.79 Å². The molecule has 100 valence electrons. The number of nitrogens with one attached hydrogen (secondary N) is 1. The maximum absolute atomic E-state index is 11.3. The van der Waals surface area contributed by atoms with Crippen molar-refractivity contribution >= 4 is 16.8 Å². The van der Waals surface area contributed by atoms with Crippen molar-refractivity contribution in [2.75, 3.05) is 13.1 Å². The molecule has 4 heteroatoms. The second-order valence-corrected chi connectivity index (χ2v) is 5.34. The Morgan fingerprint density at radius 1 is 1.42 bits per heavy atom. The van der Waals surface area contributed by atoms with Crippen molar-refractivity contribution in [2.24, 2.45) is 11.7 Å². The highest BCUT2D eigenvalue weighted by atomic mass is 16.1. The van der Waals surface area contributed by atoms with Crippen molar-refractivity contribution in [2.45, 2.75) is 19.4 Å². The molecule has 1 aliphatic rings. The first-order valence-corrected chi connectivity index (χ1v) is 6.80. The number of carbonyl (C=O) groups excluding carboxylic acids is 1. The number of primary amides is 1. The predicted octanol–water partition coefficient (Wildman–Crippen LogP) is 1.87. The Labute approximate surface area is 112 Å². The number of H-pyrrole nitrogens is 1. The number of carbonyl (C=O) groups is 1. The molecule has 1 aromatic heterocycles. The third kappa shape index (κ3) is 2.49. The minimum absolute atomic E-state index is 0.0107. The Kier molecular flexibility index (Phi) is 3.25. The third-order valence-electron chi connectivity index (χ3n) is 3.98. The molecule has 1 aromatic carbocycles. The van der Waals surface area contributed by atoms with E-state index in [1.165, 1.54) is 16.5 Å². The number of likely N-dealkylation sites (tertiary alicyclic amines) is 1. The molecule has 3 rings (SSSR count). The number of hydrogen-bond donors (Lipinski definition) is 2. The van der Waals surface area contributed by atoms with Gasteiger partial charge in [0.2, 0.25) is 5.91 Å². The van der Waals surface area contributed by atoms with Gasteiger partial charge < -0.3 is 10.7 Å². The van der Waals surface area contributed by atoms with Gasteiger partial charge in [-0.05, 0) is 36.4 Å². The molecular weight excluding hydrogens is 238 g/mol. The van der Waals surface area contributed by atoms with Gasteiger partial charge in [0, 0.05) is 24.8 Å². The van der Waals surface area contributed by atoms with E-state index in [-0.39, 0.29) is 11.8 Å². The molecule has 3 N–H and O–H groups in total. The van der Waals surface area contributed by atoms with E-state index in [1.807, 2.05) is 6.20 Å². The van der Waals surface area contributed by atoms with Crippen molar-refractivity contribution in [1.82, 2.24) is 9.88 Å². The van der Waals surface area contributed by atoms with E-state index in [4.69, 9.17) is 5.73 Å². The van der Waals surface area contributed by atoms with Crippen molar-refractivity contribution in [3.05, 3.63) is 36.0 Å². The van der Waals surface area contributed by atoms with Crippen LogP contribution in [-0.4, -0.2) is 28.9 Å². The molecule has 1 fully saturated rings. The first kappa shape index (κ1) is 12.2. The van der Waals surface area contributed by atoms with E-state index in [2.05, 4.69) is 34.1 Å². The summed E-state index contributed by atoms with van der Waals surface area (Å²) in [5.74, 6) is -0.153. The summed E-state index contributed by atoms with van der Waals surface area (Å²) in [6, 6.07) is 8.42. The SMILES string of the molecule is NC(=O)[C@@H]1CCCN(Cc2cccc3cc[nH]c23)C1. The third-order valence-corrected chi connectivity index (χ3v) is 3.98. The van der Waals surface area contributed by atoms with Crippen molar-refractivity contribution < 1.29 is 4.79 Å². The minimum atomic E-state index is -0.164. The van der Waals surface area contributed by atoms with Crippen LogP contribution in [0.1, 0.15) is 18.4 Å². The van der Waals surface area contributed by atoms with Gasteiger partial charge >= 0.3 is 0 Å². The first-order valence-electron chi connectivity index (χ1n) is 6.80. The molecule has 2 heterocycles. The van der Waals surface area contributed by atoms with Crippen LogP contribution in [0.5, 0.6) is 0 Å². The quantitative estimate of drug-likeness (QED) is 0.881. The zero-order valence-corrected chi connectivity index (χ0v) is 10.9. The summed E-state index contributed by atoms with van der Waals surface area (Å²) in [6.07, 6.45) is 3.95. The number of piperidine rings is 1. The molecule has 0 unspecified atom stereocenters. The molecule has 2 aromatic rings. The van der Waals surface area contributed by atoms with Gasteiger partial charge in [-0.25, -0.2) is 0 Å². The van der Waals surface area contributed by atoms with E-state index >= 15 is 0 Å². The zero-order chi connectivity index (χ0) is 13.2. The fourth-order valence-electron chi connectivity index (χ4n) is 2.95. The number of nitrogens with zero attached hydrogens (tertiary/aromatic N) is 1. The number of amides is 1. The lowest BCUT2D eigenvalue weighted by Crippen LogP contribution is -2.40. The van der Waals surface area contributed by atoms with Gasteiger partial charge in [0.25, 0.3) is 0 Å². The average molecular weight is 257 g/mol. The number of rotatable bonds is 3. The summed E-state index contributed by atoms with van der Waals surface area (Å²) in [7, 11) is 0. The second-order valence-electron chi connectivity index (χ2n) is 5.34. The lowest BCUT2D eigenvalue weighted by Gasteiger charge is -2.31. The zero-order valence-electron chi connectivity index (χ0n) is 10.9. The van der Waals surface area contributed by atoms with Crippen LogP contribution >= 0.6 is 0 Å². The van der Waals surface area contributed by atoms with Crippen molar-refractivity contribution in [3.63, 3.8) is 0 Å². The number of hydrogen-bond acceptors (Lipinski definition) is 2. The molecule has 1 saturated heterocycles. The van der Waals surface area contributed by atoms with Gasteiger partial charge in [-0.15, -0.1) is 0 Å². The second kappa shape index (κ2) is 5.05. The van der Waals surface area contributed by atoms with E-state index < -0.39 is 0 Å². The number of aromatic amines is 1. The highest BCUT2D eigenvalue weighted by Crippen LogP contribution is 2.22. The summed E-state index contributed by atoms with van der Waals surface area (Å²) in [5, 5.41) is 1.24. The smallest absolute Gasteiger partial charge is 0.221 e. The van der Waals surface area contributed by atoms with Crippen molar-refractivity contribution in [1.29, 1.82) is 0 Å². The number of aromatic nitrogens is 1. The van der Waals surface area contributed by atoms with Gasteiger partial charge in [-0.2, -0.15) is 0 Å². The number of para-hydroxylation sites is 1. The molecule has 0 radical (unpaired) electrons. The van der Waals surface area contributed by atoms with Gasteiger partial charge in [-0.1, -0.05) is 18.2 Å². The highest BCUT2D eigenvalue weighted by molar-refractivity contribution is 5.82. The topological polar surface area (TPSA) is 62.1 Å². The fraction of sp³-hybridized carbons (Fsp3) is 0.400. The standard InChI is InChI=1S/C15H19N3O/c16-15(19)13-5-2-8-18(10-13)9-12-4-1-3-11-6-7-17-14(11)12/h1,3-4,6-7,13,17H,2,5,8-10H2,(H2,16,19)/t13-/m1/s1. The lowest BCUT2D eigenvalue weighted by molar-refractivity contribution is -0.123. The normalized spacial score (nSPS) is 20.7. The van der Waals surface area contributed by atoms with Crippen LogP contribution in [0.25, 0.3) is 10.9 Å². The molecule has 4 nitrogen and oxygen atoms in total. The molecule has 0 saturated carbocycles. The minimum Gasteiger partial charge on any atom is -0.369 e. The monoisotopic (exact) mass is 257 g/mol. The van der Waals surface area contributed by atoms with Crippen LogP contribution in [0.4, 0.5) is 0 Å². The van der Waals surface area contributed by atoms with E-state index in [0.717, 1.165) is 32.5 Å². The van der Waals surface area contributed by atoms with E-state index in [0.29, 0.717) is 0 Å². The summed E-state index contributed by atoms with van der Waals surface area (Å²) in [5.41, 5.74) is 7.91. The van der Waals surface area contributed by atoms with Crippen LogP contribution in [0.3, 0.4) is 0 Å². The van der Waals surface area contributed by atoms with E-state index in [1.54, 1.807) is 0 Å². The maximum atomic E-state index is 11.3. The predicted molar refractivity (Wildman–Crippen MR) is 75.5 cm³/mol. The Morgan fingerprint density at radius 3 is 3.16 bits per heavy atom. The van der Waals surface area contributed by atoms with Crippen LogP contribution < -0.4 is 5.73 Å². The average Bonchev–Trinajstić information content (AvgIpc) is 2.88. The highest BCUT2D eigenvalue weighted by Gasteiger charge is 2.24. The van der Waals surface area contributed by atoms with Gasteiger partial charge in [0.15, 0.2) is 0 Å². The molecule has 1 aliphatic heterocycles. The number of fused-ring (bicyclic) bond motifs is 1. The number of benzene rings is 1. The van der Waals surface area contributed by atoms with Crippen LogP contribution in [0, 0.1) is 5.92 Å². The molecule has 1 atom stereocenters. The lowest BCUT2D eigenvalue weighted by atomic mass is 9.97. The molecule has 0 aliphatic carbocycles. The fourth-order valence-corrected chi connectivity index (χ4v) is 2.95. The maximum Gasteiger partial charge on any atom is 0.221 e. The van der Waals surface area contributed by atoms with Gasteiger partial charge in [0.1, 0.15) is 0 Å². The molecule has 0 spiro atoms. The summed E-state index contributed by atoms with van der Waals surface area (Å²) < 4.78 is 0. The molecule has 1 amide bonds. The summed E-state index contributed by atoms with van der Waals surface area (Å²) >= 11 is 0. The van der Waals surface area contributed by atoms with Crippen LogP contribution in [-0.2, 0) is 11.3 Å². The van der Waals surface area contributed by atoms with Crippen molar-refractivity contribution in [3.8, 4) is 0 Å². The Balaban J connectivity index is 1.77. The Bertz CT molecular complexity index is 590. The Hall–Kier alpha value is -1.81. The molecular formula is C15H19N3O. The van der Waals surface area contributed by atoms with Gasteiger partial charge in [0.05, 0.1) is 5.92 Å².